The zero-order chi connectivity index (χ0) is 14.0. The summed E-state index contributed by atoms with van der Waals surface area (Å²) in [6.07, 6.45) is -3.18. The number of methoxy groups -OCH3 is 1. The topological polar surface area (TPSA) is 105 Å². The third-order valence-electron chi connectivity index (χ3n) is 3.71. The Bertz CT molecular complexity index is 319. The summed E-state index contributed by atoms with van der Waals surface area (Å²) in [5, 5.41) is 28.9. The molecule has 2 aliphatic rings. The number of aliphatic hydroxyl groups is 3. The van der Waals surface area contributed by atoms with Crippen molar-refractivity contribution in [1.82, 2.24) is 0 Å². The minimum absolute atomic E-state index is 0.117. The number of aliphatic hydroxyl groups excluding tert-OH is 3. The van der Waals surface area contributed by atoms with Gasteiger partial charge in [-0.25, -0.2) is 0 Å². The van der Waals surface area contributed by atoms with E-state index in [0.717, 1.165) is 0 Å². The van der Waals surface area contributed by atoms with Crippen LogP contribution >= 0.6 is 0 Å². The quantitative estimate of drug-likeness (QED) is 0.543. The van der Waals surface area contributed by atoms with Crippen LogP contribution in [0, 0.1) is 0 Å². The van der Waals surface area contributed by atoms with E-state index in [-0.39, 0.29) is 31.2 Å². The van der Waals surface area contributed by atoms with Crippen LogP contribution in [0.15, 0.2) is 0 Å². The standard InChI is InChI=1S/C12H20O7/c1-17-9(14)4-6-2-3-7-12(18-6)11(16)10(15)8(5-13)19-7/h6-8,10-13,15-16H,2-5H2,1H3/t6?,7-,8-,10+,11-,12-/m0/s1. The number of fused-ring (bicyclic) bond motifs is 1. The Morgan fingerprint density at radius 1 is 1.26 bits per heavy atom. The first kappa shape index (κ1) is 14.7. The second-order valence-electron chi connectivity index (χ2n) is 4.96. The molecule has 0 radical (unpaired) electrons. The Hall–Kier alpha value is -0.730. The van der Waals surface area contributed by atoms with Gasteiger partial charge in [-0.2, -0.15) is 0 Å². The van der Waals surface area contributed by atoms with Crippen LogP contribution in [-0.4, -0.2) is 71.6 Å². The molecule has 2 saturated heterocycles. The highest BCUT2D eigenvalue weighted by molar-refractivity contribution is 5.69. The Balaban J connectivity index is 1.98. The van der Waals surface area contributed by atoms with E-state index < -0.39 is 24.4 Å². The molecule has 0 aliphatic carbocycles. The van der Waals surface area contributed by atoms with Gasteiger partial charge in [-0.3, -0.25) is 4.79 Å². The second kappa shape index (κ2) is 6.15. The number of carbonyl (C=O) groups excluding carboxylic acids is 1. The van der Waals surface area contributed by atoms with Gasteiger partial charge in [0.2, 0.25) is 0 Å². The van der Waals surface area contributed by atoms with Crippen LogP contribution in [0.5, 0.6) is 0 Å². The normalized spacial score (nSPS) is 42.5. The predicted octanol–water partition coefficient (Wildman–Crippen LogP) is -1.42. The van der Waals surface area contributed by atoms with Crippen molar-refractivity contribution in [1.29, 1.82) is 0 Å². The van der Waals surface area contributed by atoms with E-state index in [0.29, 0.717) is 12.8 Å². The second-order valence-corrected chi connectivity index (χ2v) is 4.96. The summed E-state index contributed by atoms with van der Waals surface area (Å²) < 4.78 is 15.7. The van der Waals surface area contributed by atoms with Gasteiger partial charge in [-0.15, -0.1) is 0 Å². The summed E-state index contributed by atoms with van der Waals surface area (Å²) in [7, 11) is 1.31. The third-order valence-corrected chi connectivity index (χ3v) is 3.71. The fourth-order valence-corrected chi connectivity index (χ4v) is 2.63. The molecule has 7 heteroatoms. The maximum absolute atomic E-state index is 11.2. The molecule has 0 aromatic rings. The predicted molar refractivity (Wildman–Crippen MR) is 62.3 cm³/mol. The van der Waals surface area contributed by atoms with Crippen LogP contribution in [0.25, 0.3) is 0 Å². The molecule has 2 aliphatic heterocycles. The number of carbonyl (C=O) groups is 1. The van der Waals surface area contributed by atoms with Gasteiger partial charge >= 0.3 is 5.97 Å². The fourth-order valence-electron chi connectivity index (χ4n) is 2.63. The molecule has 2 rings (SSSR count). The van der Waals surface area contributed by atoms with Crippen molar-refractivity contribution in [3.8, 4) is 0 Å². The van der Waals surface area contributed by atoms with E-state index in [1.165, 1.54) is 7.11 Å². The lowest BCUT2D eigenvalue weighted by Crippen LogP contribution is -2.61. The number of hydrogen-bond acceptors (Lipinski definition) is 7. The lowest BCUT2D eigenvalue weighted by atomic mass is 9.89. The molecular weight excluding hydrogens is 256 g/mol. The summed E-state index contributed by atoms with van der Waals surface area (Å²) in [5.74, 6) is -0.372. The summed E-state index contributed by atoms with van der Waals surface area (Å²) >= 11 is 0. The monoisotopic (exact) mass is 276 g/mol. The molecule has 0 amide bonds. The van der Waals surface area contributed by atoms with Gasteiger partial charge in [-0.05, 0) is 12.8 Å². The Kier molecular flexibility index (Phi) is 4.75. The van der Waals surface area contributed by atoms with Crippen molar-refractivity contribution in [2.75, 3.05) is 13.7 Å². The molecule has 19 heavy (non-hydrogen) atoms. The van der Waals surface area contributed by atoms with E-state index in [2.05, 4.69) is 4.74 Å². The zero-order valence-corrected chi connectivity index (χ0v) is 10.8. The molecule has 2 fully saturated rings. The molecule has 7 nitrogen and oxygen atoms in total. The summed E-state index contributed by atoms with van der Waals surface area (Å²) in [4.78, 5) is 11.2. The molecule has 0 saturated carbocycles. The van der Waals surface area contributed by atoms with Crippen LogP contribution < -0.4 is 0 Å². The van der Waals surface area contributed by atoms with Crippen molar-refractivity contribution in [2.24, 2.45) is 0 Å². The van der Waals surface area contributed by atoms with Gasteiger partial charge in [-0.1, -0.05) is 0 Å². The van der Waals surface area contributed by atoms with Crippen molar-refractivity contribution in [3.63, 3.8) is 0 Å². The smallest absolute Gasteiger partial charge is 0.308 e. The average Bonchev–Trinajstić information content (AvgIpc) is 2.43. The molecule has 0 bridgehead atoms. The van der Waals surface area contributed by atoms with Crippen LogP contribution in [0.3, 0.4) is 0 Å². The molecule has 0 spiro atoms. The van der Waals surface area contributed by atoms with Crippen LogP contribution in [-0.2, 0) is 19.0 Å². The highest BCUT2D eigenvalue weighted by atomic mass is 16.6. The van der Waals surface area contributed by atoms with Crippen molar-refractivity contribution in [3.05, 3.63) is 0 Å². The van der Waals surface area contributed by atoms with Crippen molar-refractivity contribution < 1.29 is 34.3 Å². The first-order valence-corrected chi connectivity index (χ1v) is 6.41. The lowest BCUT2D eigenvalue weighted by Gasteiger charge is -2.46. The lowest BCUT2D eigenvalue weighted by molar-refractivity contribution is -0.268. The number of hydrogen-bond donors (Lipinski definition) is 3. The van der Waals surface area contributed by atoms with Crippen molar-refractivity contribution in [2.45, 2.75) is 55.9 Å². The number of rotatable bonds is 3. The van der Waals surface area contributed by atoms with Gasteiger partial charge in [0.25, 0.3) is 0 Å². The number of esters is 1. The molecule has 0 aromatic carbocycles. The summed E-state index contributed by atoms with van der Waals surface area (Å²) in [6.45, 7) is -0.354. The molecule has 2 heterocycles. The van der Waals surface area contributed by atoms with Gasteiger partial charge in [0.05, 0.1) is 32.3 Å². The molecule has 6 atom stereocenters. The molecular formula is C12H20O7. The first-order valence-electron chi connectivity index (χ1n) is 6.41. The Labute approximate surface area is 111 Å². The van der Waals surface area contributed by atoms with E-state index in [1.54, 1.807) is 0 Å². The van der Waals surface area contributed by atoms with E-state index >= 15 is 0 Å². The fraction of sp³-hybridized carbons (Fsp3) is 0.917. The molecule has 1 unspecified atom stereocenters. The maximum atomic E-state index is 11.2. The highest BCUT2D eigenvalue weighted by Crippen LogP contribution is 2.32. The molecule has 0 aromatic heterocycles. The molecule has 110 valence electrons. The van der Waals surface area contributed by atoms with E-state index in [9.17, 15) is 15.0 Å². The maximum Gasteiger partial charge on any atom is 0.308 e. The SMILES string of the molecule is COC(=O)CC1CC[C@@H]2O[C@@H](CO)[C@@H](O)[C@H](O)[C@H]2O1. The largest absolute Gasteiger partial charge is 0.469 e. The van der Waals surface area contributed by atoms with Crippen LogP contribution in [0.4, 0.5) is 0 Å². The summed E-state index contributed by atoms with van der Waals surface area (Å²) in [5.41, 5.74) is 0. The highest BCUT2D eigenvalue weighted by Gasteiger charge is 2.47. The first-order chi connectivity index (χ1) is 9.06. The minimum Gasteiger partial charge on any atom is -0.469 e. The van der Waals surface area contributed by atoms with Gasteiger partial charge in [0.15, 0.2) is 0 Å². The number of ether oxygens (including phenoxy) is 3. The van der Waals surface area contributed by atoms with E-state index in [1.807, 2.05) is 0 Å². The van der Waals surface area contributed by atoms with E-state index in [4.69, 9.17) is 14.6 Å². The van der Waals surface area contributed by atoms with Crippen LogP contribution in [0.1, 0.15) is 19.3 Å². The minimum atomic E-state index is -1.19. The Morgan fingerprint density at radius 3 is 2.63 bits per heavy atom. The molecule has 3 N–H and O–H groups in total. The zero-order valence-electron chi connectivity index (χ0n) is 10.8. The Morgan fingerprint density at radius 2 is 2.00 bits per heavy atom. The average molecular weight is 276 g/mol. The van der Waals surface area contributed by atoms with Gasteiger partial charge < -0.3 is 29.5 Å². The third kappa shape index (κ3) is 3.06. The van der Waals surface area contributed by atoms with Gasteiger partial charge in [0.1, 0.15) is 24.4 Å². The van der Waals surface area contributed by atoms with Crippen LogP contribution in [0.2, 0.25) is 0 Å². The van der Waals surface area contributed by atoms with Crippen molar-refractivity contribution >= 4 is 5.97 Å². The summed E-state index contributed by atoms with van der Waals surface area (Å²) in [6, 6.07) is 0. The van der Waals surface area contributed by atoms with Gasteiger partial charge in [0, 0.05) is 0 Å².